The molecule has 0 atom stereocenters. The highest BCUT2D eigenvalue weighted by molar-refractivity contribution is 7.89. The molecule has 0 aliphatic carbocycles. The van der Waals surface area contributed by atoms with Crippen molar-refractivity contribution in [1.29, 1.82) is 0 Å². The zero-order chi connectivity index (χ0) is 26.8. The number of hydrogen-bond donors (Lipinski definition) is 2. The minimum atomic E-state index is -3.83. The summed E-state index contributed by atoms with van der Waals surface area (Å²) in [6.45, 7) is 0.840. The van der Waals surface area contributed by atoms with Crippen molar-refractivity contribution in [3.63, 3.8) is 0 Å². The molecule has 3 aromatic carbocycles. The Morgan fingerprint density at radius 2 is 1.71 bits per heavy atom. The molecule has 5 rings (SSSR count). The van der Waals surface area contributed by atoms with Gasteiger partial charge in [0.2, 0.25) is 10.0 Å². The van der Waals surface area contributed by atoms with Crippen molar-refractivity contribution in [2.24, 2.45) is 5.14 Å². The van der Waals surface area contributed by atoms with Crippen molar-refractivity contribution in [2.75, 3.05) is 13.2 Å². The lowest BCUT2D eigenvalue weighted by molar-refractivity contribution is -0.0681. The van der Waals surface area contributed by atoms with Crippen LogP contribution >= 0.6 is 0 Å². The van der Waals surface area contributed by atoms with Crippen LogP contribution in [0.1, 0.15) is 29.9 Å². The van der Waals surface area contributed by atoms with Crippen molar-refractivity contribution < 1.29 is 27.1 Å². The van der Waals surface area contributed by atoms with Gasteiger partial charge < -0.3 is 14.3 Å². The van der Waals surface area contributed by atoms with E-state index >= 15 is 0 Å². The van der Waals surface area contributed by atoms with E-state index in [2.05, 4.69) is 16.8 Å². The molecule has 1 aromatic heterocycles. The van der Waals surface area contributed by atoms with E-state index in [9.17, 15) is 17.9 Å². The van der Waals surface area contributed by atoms with E-state index in [0.29, 0.717) is 54.2 Å². The number of rotatable bonds is 5. The summed E-state index contributed by atoms with van der Waals surface area (Å²) in [5.41, 5.74) is 1.98. The fourth-order valence-electron chi connectivity index (χ4n) is 4.40. The van der Waals surface area contributed by atoms with E-state index in [1.165, 1.54) is 24.3 Å². The van der Waals surface area contributed by atoms with E-state index in [1.54, 1.807) is 18.2 Å². The maximum absolute atomic E-state index is 14.4. The van der Waals surface area contributed by atoms with Gasteiger partial charge in [0.15, 0.2) is 5.76 Å². The van der Waals surface area contributed by atoms with E-state index < -0.39 is 21.4 Å². The second-order valence-electron chi connectivity index (χ2n) is 9.10. The van der Waals surface area contributed by atoms with Gasteiger partial charge in [-0.1, -0.05) is 42.3 Å². The van der Waals surface area contributed by atoms with Crippen LogP contribution in [-0.2, 0) is 26.8 Å². The van der Waals surface area contributed by atoms with E-state index in [1.807, 2.05) is 30.3 Å². The number of halogens is 1. The van der Waals surface area contributed by atoms with Crippen molar-refractivity contribution in [3.05, 3.63) is 95.6 Å². The molecule has 0 unspecified atom stereocenters. The molecule has 0 bridgehead atoms. The van der Waals surface area contributed by atoms with E-state index in [4.69, 9.17) is 14.3 Å². The second-order valence-corrected chi connectivity index (χ2v) is 10.7. The molecule has 1 saturated heterocycles. The maximum atomic E-state index is 14.4. The summed E-state index contributed by atoms with van der Waals surface area (Å²) in [6, 6.07) is 19.9. The largest absolute Gasteiger partial charge is 0.429 e. The van der Waals surface area contributed by atoms with Crippen LogP contribution in [0, 0.1) is 17.7 Å². The van der Waals surface area contributed by atoms with Crippen LogP contribution in [0.25, 0.3) is 22.6 Å². The van der Waals surface area contributed by atoms with Crippen molar-refractivity contribution in [3.8, 4) is 34.4 Å². The van der Waals surface area contributed by atoms with Crippen LogP contribution in [0.4, 0.5) is 4.39 Å². The van der Waals surface area contributed by atoms with Gasteiger partial charge in [-0.2, -0.15) is 0 Å². The number of aromatic nitrogens is 1. The zero-order valence-corrected chi connectivity index (χ0v) is 21.2. The van der Waals surface area contributed by atoms with Gasteiger partial charge in [0.1, 0.15) is 11.5 Å². The quantitative estimate of drug-likeness (QED) is 0.369. The van der Waals surface area contributed by atoms with Gasteiger partial charge in [0, 0.05) is 43.6 Å². The summed E-state index contributed by atoms with van der Waals surface area (Å²) in [5.74, 6) is 6.04. The molecule has 38 heavy (non-hydrogen) atoms. The molecule has 0 amide bonds. The number of primary sulfonamides is 1. The monoisotopic (exact) mass is 532 g/mol. The average Bonchev–Trinajstić information content (AvgIpc) is 3.33. The molecule has 1 aliphatic heterocycles. The Labute approximate surface area is 220 Å². The Morgan fingerprint density at radius 1 is 1.00 bits per heavy atom. The maximum Gasteiger partial charge on any atom is 0.274 e. The Balaban J connectivity index is 1.45. The molecule has 9 heteroatoms. The van der Waals surface area contributed by atoms with Crippen molar-refractivity contribution in [1.82, 2.24) is 4.98 Å². The highest BCUT2D eigenvalue weighted by Crippen LogP contribution is 2.34. The van der Waals surface area contributed by atoms with Gasteiger partial charge in [0.05, 0.1) is 10.5 Å². The highest BCUT2D eigenvalue weighted by Gasteiger charge is 2.32. The Morgan fingerprint density at radius 3 is 2.39 bits per heavy atom. The van der Waals surface area contributed by atoms with Crippen LogP contribution in [0.15, 0.2) is 82.1 Å². The molecular formula is C29H25FN2O5S. The predicted octanol–water partition coefficient (Wildman–Crippen LogP) is 4.39. The molecule has 194 valence electrons. The molecule has 0 spiro atoms. The highest BCUT2D eigenvalue weighted by atomic mass is 32.2. The minimum absolute atomic E-state index is 0.0121. The fourth-order valence-corrected chi connectivity index (χ4v) is 4.91. The average molecular weight is 533 g/mol. The topological polar surface area (TPSA) is 116 Å². The molecular weight excluding hydrogens is 507 g/mol. The van der Waals surface area contributed by atoms with Gasteiger partial charge >= 0.3 is 0 Å². The normalized spacial score (nSPS) is 15.0. The molecule has 4 aromatic rings. The Hall–Kier alpha value is -3.81. The summed E-state index contributed by atoms with van der Waals surface area (Å²) in [5, 5.41) is 16.2. The number of aliphatic hydroxyl groups is 1. The first kappa shape index (κ1) is 25.8. The number of benzene rings is 3. The number of hydrogen-bond acceptors (Lipinski definition) is 6. The zero-order valence-electron chi connectivity index (χ0n) is 20.4. The van der Waals surface area contributed by atoms with Gasteiger partial charge in [-0.3, -0.25) is 0 Å². The first-order valence-corrected chi connectivity index (χ1v) is 13.5. The lowest BCUT2D eigenvalue weighted by Crippen LogP contribution is -2.33. The molecule has 1 aliphatic rings. The number of nitrogens with two attached hydrogens (primary N) is 1. The third-order valence-corrected chi connectivity index (χ3v) is 7.35. The summed E-state index contributed by atoms with van der Waals surface area (Å²) < 4.78 is 49.0. The number of ether oxygens (including phenoxy) is 1. The third-order valence-electron chi connectivity index (χ3n) is 6.42. The minimum Gasteiger partial charge on any atom is -0.429 e. The van der Waals surface area contributed by atoms with Crippen LogP contribution in [0.2, 0.25) is 0 Å². The Kier molecular flexibility index (Phi) is 7.15. The number of oxazole rings is 1. The first-order valence-electron chi connectivity index (χ1n) is 12.0. The molecule has 2 heterocycles. The molecule has 3 N–H and O–H groups in total. The Bertz CT molecular complexity index is 1620. The van der Waals surface area contributed by atoms with E-state index in [-0.39, 0.29) is 17.2 Å². The molecule has 0 radical (unpaired) electrons. The standard InChI is InChI=1S/C29H25FN2O5S/c30-24-18-20(17-23(19-24)29(33)13-15-36-16-14-29)5-4-8-26-32-27(21-6-2-1-3-7-21)28(37-26)22-9-11-25(12-10-22)38(31,34)35/h1-3,6-7,9-12,17-19,33H,5,13-16H2,(H2,31,34,35). The summed E-state index contributed by atoms with van der Waals surface area (Å²) in [7, 11) is -3.83. The summed E-state index contributed by atoms with van der Waals surface area (Å²) in [6.07, 6.45) is 1.03. The SMILES string of the molecule is NS(=O)(=O)c1ccc(-c2oc(C#CCc3cc(F)cc(C4(O)CCOCC4)c3)nc2-c2ccccc2)cc1. The number of nitrogens with zero attached hydrogens (tertiary/aromatic N) is 1. The van der Waals surface area contributed by atoms with Crippen LogP contribution in [0.5, 0.6) is 0 Å². The predicted molar refractivity (Wildman–Crippen MR) is 140 cm³/mol. The van der Waals surface area contributed by atoms with Gasteiger partial charge in [-0.05, 0) is 53.4 Å². The lowest BCUT2D eigenvalue weighted by Gasteiger charge is -2.32. The lowest BCUT2D eigenvalue weighted by atomic mass is 9.85. The van der Waals surface area contributed by atoms with Gasteiger partial charge in [0.25, 0.3) is 5.89 Å². The molecule has 0 saturated carbocycles. The smallest absolute Gasteiger partial charge is 0.274 e. The third kappa shape index (κ3) is 5.69. The van der Waals surface area contributed by atoms with Crippen LogP contribution in [0.3, 0.4) is 0 Å². The summed E-state index contributed by atoms with van der Waals surface area (Å²) >= 11 is 0. The van der Waals surface area contributed by atoms with Crippen molar-refractivity contribution >= 4 is 10.0 Å². The molecule has 1 fully saturated rings. The fraction of sp³-hybridized carbons (Fsp3) is 0.207. The molecule has 7 nitrogen and oxygen atoms in total. The van der Waals surface area contributed by atoms with E-state index in [0.717, 1.165) is 5.56 Å². The van der Waals surface area contributed by atoms with Gasteiger partial charge in [-0.15, -0.1) is 0 Å². The first-order chi connectivity index (χ1) is 18.2. The number of sulfonamides is 1. The van der Waals surface area contributed by atoms with Gasteiger partial charge in [-0.25, -0.2) is 22.9 Å². The van der Waals surface area contributed by atoms with Crippen LogP contribution < -0.4 is 5.14 Å². The van der Waals surface area contributed by atoms with Crippen LogP contribution in [-0.4, -0.2) is 31.7 Å². The van der Waals surface area contributed by atoms with Crippen molar-refractivity contribution in [2.45, 2.75) is 29.8 Å². The second kappa shape index (κ2) is 10.5. The summed E-state index contributed by atoms with van der Waals surface area (Å²) in [4.78, 5) is 4.56.